The number of methoxy groups -OCH3 is 1. The van der Waals surface area contributed by atoms with Gasteiger partial charge in [0, 0.05) is 21.8 Å². The Bertz CT molecular complexity index is 1350. The van der Waals surface area contributed by atoms with Crippen molar-refractivity contribution in [3.05, 3.63) is 41.4 Å². The molecule has 13 heteroatoms. The van der Waals surface area contributed by atoms with E-state index in [2.05, 4.69) is 43.1 Å². The summed E-state index contributed by atoms with van der Waals surface area (Å²) < 4.78 is 57.2. The van der Waals surface area contributed by atoms with E-state index in [1.54, 1.807) is 7.11 Å². The molecule has 10 nitrogen and oxygen atoms in total. The van der Waals surface area contributed by atoms with E-state index in [4.69, 9.17) is 30.4 Å². The van der Waals surface area contributed by atoms with Crippen molar-refractivity contribution in [1.82, 2.24) is 9.88 Å². The van der Waals surface area contributed by atoms with Crippen molar-refractivity contribution in [3.63, 3.8) is 0 Å². The second-order valence-electron chi connectivity index (χ2n) is 8.71. The van der Waals surface area contributed by atoms with E-state index >= 15 is 0 Å². The van der Waals surface area contributed by atoms with Crippen molar-refractivity contribution in [3.8, 4) is 5.75 Å². The lowest BCUT2D eigenvalue weighted by Crippen LogP contribution is -2.25. The number of halogens is 1. The van der Waals surface area contributed by atoms with Gasteiger partial charge < -0.3 is 15.0 Å². The minimum atomic E-state index is -3.67. The molecule has 38 heavy (non-hydrogen) atoms. The fourth-order valence-electron chi connectivity index (χ4n) is 3.66. The van der Waals surface area contributed by atoms with E-state index in [0.717, 1.165) is 59.3 Å². The number of hydrogen-bond donors (Lipinski definition) is 3. The molecule has 214 valence electrons. The number of fused-ring (bicyclic) bond motifs is 2. The van der Waals surface area contributed by atoms with Gasteiger partial charge in [0.15, 0.2) is 0 Å². The third-order valence-corrected chi connectivity index (χ3v) is 5.57. The van der Waals surface area contributed by atoms with Crippen LogP contribution in [-0.2, 0) is 20.2 Å². The SMILES string of the molecule is CCN(CC)CCCC(C)Nc1c2ccc(Cl)cc2nc2ccc(OC)cc12.CS(=O)(=O)O.CS(=O)(=O)O. The first-order valence-corrected chi connectivity index (χ1v) is 16.0. The second kappa shape index (κ2) is 15.4. The highest BCUT2D eigenvalue weighted by atomic mass is 35.5. The standard InChI is InChI=1S/C23H30ClN3O.2CH4O3S/c1-5-27(6-2)13-7-8-16(3)25-23-19-11-9-17(24)14-22(19)26-21-12-10-18(28-4)15-20(21)23;2*1-5(2,3)4/h9-12,14-16H,5-8,13H2,1-4H3,(H,25,26);2*1H3,(H,2,3,4). The predicted octanol–water partition coefficient (Wildman–Crippen LogP) is 4.98. The number of hydrogen-bond acceptors (Lipinski definition) is 8. The van der Waals surface area contributed by atoms with Gasteiger partial charge in [0.05, 0.1) is 36.3 Å². The van der Waals surface area contributed by atoms with Crippen LogP contribution in [0.15, 0.2) is 36.4 Å². The topological polar surface area (TPSA) is 146 Å². The van der Waals surface area contributed by atoms with Crippen LogP contribution in [0.2, 0.25) is 5.02 Å². The maximum atomic E-state index is 9.19. The monoisotopic (exact) mass is 591 g/mol. The summed E-state index contributed by atoms with van der Waals surface area (Å²) in [5.41, 5.74) is 2.95. The number of nitrogens with zero attached hydrogens (tertiary/aromatic N) is 2. The van der Waals surface area contributed by atoms with Crippen LogP contribution in [0, 0.1) is 0 Å². The van der Waals surface area contributed by atoms with Crippen molar-refractivity contribution in [2.24, 2.45) is 0 Å². The Morgan fingerprint density at radius 3 is 2.08 bits per heavy atom. The molecule has 0 saturated carbocycles. The first-order chi connectivity index (χ1) is 17.5. The molecule has 0 radical (unpaired) electrons. The number of rotatable bonds is 9. The van der Waals surface area contributed by atoms with Crippen molar-refractivity contribution in [2.75, 3.05) is 44.6 Å². The van der Waals surface area contributed by atoms with E-state index in [1.807, 2.05) is 24.3 Å². The molecule has 0 bridgehead atoms. The molecule has 0 amide bonds. The Morgan fingerprint density at radius 2 is 1.55 bits per heavy atom. The molecule has 3 aromatic rings. The van der Waals surface area contributed by atoms with E-state index in [0.29, 0.717) is 23.6 Å². The second-order valence-corrected chi connectivity index (χ2v) is 12.1. The van der Waals surface area contributed by atoms with Gasteiger partial charge in [-0.3, -0.25) is 9.11 Å². The van der Waals surface area contributed by atoms with E-state index in [9.17, 15) is 16.8 Å². The summed E-state index contributed by atoms with van der Waals surface area (Å²) in [6.07, 6.45) is 3.71. The van der Waals surface area contributed by atoms with E-state index < -0.39 is 20.2 Å². The largest absolute Gasteiger partial charge is 0.497 e. The molecule has 0 aliphatic carbocycles. The molecule has 1 unspecified atom stereocenters. The van der Waals surface area contributed by atoms with Gasteiger partial charge in [0.25, 0.3) is 20.2 Å². The van der Waals surface area contributed by atoms with Crippen LogP contribution in [0.25, 0.3) is 21.8 Å². The van der Waals surface area contributed by atoms with Gasteiger partial charge in [-0.15, -0.1) is 0 Å². The Morgan fingerprint density at radius 1 is 0.974 bits per heavy atom. The predicted molar refractivity (Wildman–Crippen MR) is 156 cm³/mol. The average molecular weight is 592 g/mol. The Kier molecular flexibility index (Phi) is 13.7. The summed E-state index contributed by atoms with van der Waals surface area (Å²) >= 11 is 6.22. The fourth-order valence-corrected chi connectivity index (χ4v) is 3.82. The van der Waals surface area contributed by atoms with Gasteiger partial charge in [-0.25, -0.2) is 4.98 Å². The normalized spacial score (nSPS) is 12.4. The van der Waals surface area contributed by atoms with Crippen molar-refractivity contribution < 1.29 is 30.7 Å². The number of nitrogens with one attached hydrogen (secondary N) is 1. The number of aromatic nitrogens is 1. The van der Waals surface area contributed by atoms with Gasteiger partial charge in [0.2, 0.25) is 0 Å². The summed E-state index contributed by atoms with van der Waals surface area (Å²) in [5, 5.41) is 6.61. The lowest BCUT2D eigenvalue weighted by molar-refractivity contribution is 0.295. The average Bonchev–Trinajstić information content (AvgIpc) is 2.79. The van der Waals surface area contributed by atoms with Crippen molar-refractivity contribution in [2.45, 2.75) is 39.7 Å². The number of ether oxygens (including phenoxy) is 1. The molecule has 1 atom stereocenters. The molecule has 3 N–H and O–H groups in total. The zero-order chi connectivity index (χ0) is 29.1. The van der Waals surface area contributed by atoms with Crippen molar-refractivity contribution in [1.29, 1.82) is 0 Å². The number of benzene rings is 2. The van der Waals surface area contributed by atoms with Crippen LogP contribution in [0.4, 0.5) is 5.69 Å². The number of pyridine rings is 1. The molecule has 1 heterocycles. The fraction of sp³-hybridized carbons (Fsp3) is 0.480. The van der Waals surface area contributed by atoms with E-state index in [-0.39, 0.29) is 0 Å². The lowest BCUT2D eigenvalue weighted by atomic mass is 10.1. The molecule has 1 aromatic heterocycles. The Balaban J connectivity index is 0.000000616. The molecule has 3 rings (SSSR count). The number of anilines is 1. The maximum Gasteiger partial charge on any atom is 0.261 e. The summed E-state index contributed by atoms with van der Waals surface area (Å²) in [6, 6.07) is 12.3. The summed E-state index contributed by atoms with van der Waals surface area (Å²) in [5.74, 6) is 0.833. The highest BCUT2D eigenvalue weighted by Crippen LogP contribution is 2.34. The molecular formula is C25H38ClN3O7S2. The molecule has 0 aliphatic rings. The van der Waals surface area contributed by atoms with Gasteiger partial charge in [-0.2, -0.15) is 16.8 Å². The molecular weight excluding hydrogens is 554 g/mol. The lowest BCUT2D eigenvalue weighted by Gasteiger charge is -2.22. The zero-order valence-corrected chi connectivity index (χ0v) is 25.0. The van der Waals surface area contributed by atoms with Crippen LogP contribution in [0.1, 0.15) is 33.6 Å². The third kappa shape index (κ3) is 13.5. The van der Waals surface area contributed by atoms with Crippen LogP contribution in [0.3, 0.4) is 0 Å². The quantitative estimate of drug-likeness (QED) is 0.230. The summed E-state index contributed by atoms with van der Waals surface area (Å²) in [7, 11) is -5.64. The molecule has 0 spiro atoms. The van der Waals surface area contributed by atoms with Crippen LogP contribution >= 0.6 is 11.6 Å². The smallest absolute Gasteiger partial charge is 0.261 e. The summed E-state index contributed by atoms with van der Waals surface area (Å²) in [6.45, 7) is 10.0. The van der Waals surface area contributed by atoms with E-state index in [1.165, 1.54) is 6.42 Å². The zero-order valence-electron chi connectivity index (χ0n) is 22.6. The third-order valence-electron chi connectivity index (χ3n) is 5.34. The maximum absolute atomic E-state index is 9.19. The Hall–Kier alpha value is -2.22. The molecule has 2 aromatic carbocycles. The first kappa shape index (κ1) is 33.8. The highest BCUT2D eigenvalue weighted by Gasteiger charge is 2.13. The first-order valence-electron chi connectivity index (χ1n) is 12.0. The van der Waals surface area contributed by atoms with Crippen LogP contribution in [0.5, 0.6) is 5.75 Å². The Labute approximate surface area is 230 Å². The summed E-state index contributed by atoms with van der Waals surface area (Å²) in [4.78, 5) is 7.27. The highest BCUT2D eigenvalue weighted by molar-refractivity contribution is 7.85. The van der Waals surface area contributed by atoms with Gasteiger partial charge in [0.1, 0.15) is 5.75 Å². The minimum Gasteiger partial charge on any atom is -0.497 e. The molecule has 0 aliphatic heterocycles. The molecule has 0 fully saturated rings. The van der Waals surface area contributed by atoms with Gasteiger partial charge >= 0.3 is 0 Å². The van der Waals surface area contributed by atoms with Gasteiger partial charge in [-0.05, 0) is 75.8 Å². The van der Waals surface area contributed by atoms with Gasteiger partial charge in [-0.1, -0.05) is 25.4 Å². The van der Waals surface area contributed by atoms with Crippen LogP contribution < -0.4 is 10.1 Å². The minimum absolute atomic E-state index is 0.353. The van der Waals surface area contributed by atoms with Crippen molar-refractivity contribution >= 4 is 59.3 Å². The van der Waals surface area contributed by atoms with Crippen LogP contribution in [-0.4, -0.2) is 81.1 Å². The molecule has 0 saturated heterocycles.